The third-order valence-corrected chi connectivity index (χ3v) is 8.83. The molecule has 230 valence electrons. The SMILES string of the molecule is CC(C)C[C@H](NC(=O)[C@H](CCCNC(=N)N[N+](=O)[O-])NC(=O)CCNC(N)=O)B1O[C@@H]2C[C@@H]3C[C@@H](C3(C)C)[C@]2(C)O1. The number of hydrogen-bond acceptors (Lipinski definition) is 8. The number of guanidine groups is 1. The van der Waals surface area contributed by atoms with Crippen LogP contribution in [0.4, 0.5) is 4.79 Å². The normalized spacial score (nSPS) is 27.1. The van der Waals surface area contributed by atoms with E-state index < -0.39 is 53.5 Å². The van der Waals surface area contributed by atoms with Gasteiger partial charge in [0.1, 0.15) is 6.04 Å². The Balaban J connectivity index is 1.66. The number of nitro groups is 1. The van der Waals surface area contributed by atoms with Gasteiger partial charge in [-0.3, -0.25) is 15.0 Å². The first-order valence-corrected chi connectivity index (χ1v) is 14.3. The number of hydrazine groups is 1. The zero-order valence-corrected chi connectivity index (χ0v) is 24.6. The lowest BCUT2D eigenvalue weighted by molar-refractivity contribution is -0.525. The van der Waals surface area contributed by atoms with E-state index in [-0.39, 0.29) is 43.4 Å². The molecule has 1 saturated heterocycles. The lowest BCUT2D eigenvalue weighted by Crippen LogP contribution is -2.65. The molecule has 4 rings (SSSR count). The molecule has 6 atom stereocenters. The van der Waals surface area contributed by atoms with Crippen molar-refractivity contribution in [3.05, 3.63) is 10.1 Å². The van der Waals surface area contributed by atoms with Crippen LogP contribution in [-0.2, 0) is 18.9 Å². The van der Waals surface area contributed by atoms with Crippen molar-refractivity contribution >= 4 is 30.9 Å². The fourth-order valence-corrected chi connectivity index (χ4v) is 6.59. The molecule has 41 heavy (non-hydrogen) atoms. The molecule has 1 heterocycles. The van der Waals surface area contributed by atoms with Crippen LogP contribution in [0.25, 0.3) is 0 Å². The number of carbonyl (C=O) groups is 3. The van der Waals surface area contributed by atoms with E-state index in [1.807, 2.05) is 13.8 Å². The molecule has 4 aliphatic rings. The van der Waals surface area contributed by atoms with Gasteiger partial charge in [-0.15, -0.1) is 0 Å². The second kappa shape index (κ2) is 13.2. The fraction of sp³-hybridized carbons (Fsp3) is 0.840. The van der Waals surface area contributed by atoms with Gasteiger partial charge < -0.3 is 36.3 Å². The molecule has 8 N–H and O–H groups in total. The van der Waals surface area contributed by atoms with Crippen LogP contribution < -0.4 is 32.4 Å². The maximum Gasteiger partial charge on any atom is 0.481 e. The minimum absolute atomic E-state index is 0.0129. The molecule has 0 aromatic heterocycles. The van der Waals surface area contributed by atoms with E-state index in [0.717, 1.165) is 12.8 Å². The van der Waals surface area contributed by atoms with E-state index in [1.54, 1.807) is 5.43 Å². The Hall–Kier alpha value is -3.14. The van der Waals surface area contributed by atoms with Gasteiger partial charge in [0.25, 0.3) is 5.96 Å². The van der Waals surface area contributed by atoms with E-state index in [2.05, 4.69) is 42.0 Å². The molecule has 4 fully saturated rings. The number of nitrogens with zero attached hydrogens (tertiary/aromatic N) is 1. The molecule has 3 saturated carbocycles. The van der Waals surface area contributed by atoms with Gasteiger partial charge in [0, 0.05) is 19.5 Å². The van der Waals surface area contributed by atoms with Crippen LogP contribution in [0.1, 0.15) is 73.1 Å². The molecule has 0 radical (unpaired) electrons. The highest BCUT2D eigenvalue weighted by atomic mass is 16.7. The molecule has 2 bridgehead atoms. The summed E-state index contributed by atoms with van der Waals surface area (Å²) in [5.74, 6) is -0.615. The summed E-state index contributed by atoms with van der Waals surface area (Å²) in [6.45, 7) is 11.0. The second-order valence-electron chi connectivity index (χ2n) is 12.6. The molecule has 0 aromatic carbocycles. The fourth-order valence-electron chi connectivity index (χ4n) is 6.59. The third kappa shape index (κ3) is 8.00. The molecule has 0 unspecified atom stereocenters. The maximum atomic E-state index is 13.6. The Morgan fingerprint density at radius 2 is 1.85 bits per heavy atom. The summed E-state index contributed by atoms with van der Waals surface area (Å²) in [7, 11) is -0.627. The van der Waals surface area contributed by atoms with Crippen molar-refractivity contribution in [3.8, 4) is 0 Å². The predicted molar refractivity (Wildman–Crippen MR) is 151 cm³/mol. The lowest BCUT2D eigenvalue weighted by Gasteiger charge is -2.64. The van der Waals surface area contributed by atoms with Gasteiger partial charge in [-0.05, 0) is 62.2 Å². The highest BCUT2D eigenvalue weighted by Gasteiger charge is 2.68. The molecule has 0 spiro atoms. The number of hydrogen-bond donors (Lipinski definition) is 7. The van der Waals surface area contributed by atoms with Gasteiger partial charge in [0.15, 0.2) is 5.03 Å². The van der Waals surface area contributed by atoms with Crippen molar-refractivity contribution in [2.24, 2.45) is 28.9 Å². The van der Waals surface area contributed by atoms with Crippen molar-refractivity contribution < 1.29 is 28.7 Å². The maximum absolute atomic E-state index is 13.6. The van der Waals surface area contributed by atoms with Gasteiger partial charge >= 0.3 is 13.1 Å². The Morgan fingerprint density at radius 1 is 1.15 bits per heavy atom. The van der Waals surface area contributed by atoms with Crippen LogP contribution >= 0.6 is 0 Å². The summed E-state index contributed by atoms with van der Waals surface area (Å²) >= 11 is 0. The first kappa shape index (κ1) is 32.4. The zero-order chi connectivity index (χ0) is 30.5. The van der Waals surface area contributed by atoms with Crippen molar-refractivity contribution in [1.82, 2.24) is 26.7 Å². The Morgan fingerprint density at radius 3 is 2.46 bits per heavy atom. The molecule has 15 nitrogen and oxygen atoms in total. The quantitative estimate of drug-likeness (QED) is 0.0377. The first-order valence-electron chi connectivity index (χ1n) is 14.3. The Kier molecular flexibility index (Phi) is 10.4. The topological polar surface area (TPSA) is 223 Å². The number of rotatable bonds is 14. The van der Waals surface area contributed by atoms with Gasteiger partial charge in [0.05, 0.1) is 17.6 Å². The number of nitrogens with two attached hydrogens (primary N) is 1. The van der Waals surface area contributed by atoms with Crippen molar-refractivity contribution in [1.29, 1.82) is 5.41 Å². The minimum atomic E-state index is -0.934. The smallest absolute Gasteiger partial charge is 0.404 e. The van der Waals surface area contributed by atoms with E-state index in [0.29, 0.717) is 24.7 Å². The minimum Gasteiger partial charge on any atom is -0.404 e. The summed E-state index contributed by atoms with van der Waals surface area (Å²) < 4.78 is 13.1. The molecule has 1 aliphatic heterocycles. The number of primary amides is 1. The van der Waals surface area contributed by atoms with Crippen molar-refractivity contribution in [3.63, 3.8) is 0 Å². The molecule has 4 amide bonds. The van der Waals surface area contributed by atoms with Gasteiger partial charge in [-0.2, -0.15) is 0 Å². The predicted octanol–water partition coefficient (Wildman–Crippen LogP) is 0.414. The average Bonchev–Trinajstić information content (AvgIpc) is 3.21. The number of nitrogens with one attached hydrogen (secondary N) is 6. The third-order valence-electron chi connectivity index (χ3n) is 8.83. The molecular weight excluding hydrogens is 535 g/mol. The molecule has 3 aliphatic carbocycles. The summed E-state index contributed by atoms with van der Waals surface area (Å²) in [6.07, 6.45) is 3.03. The Bertz CT molecular complexity index is 1010. The van der Waals surface area contributed by atoms with E-state index in [1.165, 1.54) is 0 Å². The summed E-state index contributed by atoms with van der Waals surface area (Å²) in [5, 5.41) is 27.8. The second-order valence-corrected chi connectivity index (χ2v) is 12.6. The highest BCUT2D eigenvalue weighted by Crippen LogP contribution is 2.65. The zero-order valence-electron chi connectivity index (χ0n) is 24.6. The van der Waals surface area contributed by atoms with Crippen LogP contribution in [0, 0.1) is 38.7 Å². The van der Waals surface area contributed by atoms with Gasteiger partial charge in [0.2, 0.25) is 11.8 Å². The van der Waals surface area contributed by atoms with Gasteiger partial charge in [-0.1, -0.05) is 33.1 Å². The largest absolute Gasteiger partial charge is 0.481 e. The van der Waals surface area contributed by atoms with Crippen LogP contribution in [0.5, 0.6) is 0 Å². The highest BCUT2D eigenvalue weighted by molar-refractivity contribution is 6.48. The standard InChI is InChI=1S/C25H45BN8O7/c1-14(2)11-19(26-40-18-13-15-12-17(24(15,3)4)25(18,5)41-26)32-21(36)16(31-20(35)8-10-30-23(28)37)7-6-9-29-22(27)33-34(38)39/h14-19H,6-13H2,1-5H3,(H,31,35)(H,32,36)(H3,27,29,33)(H3,28,30,37)/t15-,16-,17-,18+,19-,25-/m0/s1. The summed E-state index contributed by atoms with van der Waals surface area (Å²) in [4.78, 5) is 47.6. The first-order chi connectivity index (χ1) is 19.1. The van der Waals surface area contributed by atoms with E-state index >= 15 is 0 Å². The van der Waals surface area contributed by atoms with Crippen LogP contribution in [0.2, 0.25) is 0 Å². The summed E-state index contributed by atoms with van der Waals surface area (Å²) in [5.41, 5.74) is 6.50. The van der Waals surface area contributed by atoms with Gasteiger partial charge in [-0.25, -0.2) is 14.9 Å². The van der Waals surface area contributed by atoms with Crippen molar-refractivity contribution in [2.45, 2.75) is 96.8 Å². The van der Waals surface area contributed by atoms with Crippen LogP contribution in [0.15, 0.2) is 0 Å². The van der Waals surface area contributed by atoms with Crippen LogP contribution in [0.3, 0.4) is 0 Å². The van der Waals surface area contributed by atoms with E-state index in [9.17, 15) is 24.5 Å². The van der Waals surface area contributed by atoms with Crippen LogP contribution in [-0.4, -0.2) is 72.7 Å². The molecule has 0 aromatic rings. The monoisotopic (exact) mass is 580 g/mol. The van der Waals surface area contributed by atoms with E-state index in [4.69, 9.17) is 20.5 Å². The molecular formula is C25H45BN8O7. The average molecular weight is 580 g/mol. The molecule has 16 heteroatoms. The lowest BCUT2D eigenvalue weighted by atomic mass is 9.43. The Labute approximate surface area is 240 Å². The summed E-state index contributed by atoms with van der Waals surface area (Å²) in [6, 6.07) is -1.69. The van der Waals surface area contributed by atoms with Crippen molar-refractivity contribution in [2.75, 3.05) is 13.1 Å². The number of carbonyl (C=O) groups excluding carboxylic acids is 3. The number of urea groups is 1. The number of amides is 4.